The molecule has 3 rings (SSSR count). The molecule has 6 nitrogen and oxygen atoms in total. The number of aliphatic imine (C=N–C) groups is 2. The van der Waals surface area contributed by atoms with Gasteiger partial charge in [0, 0.05) is 41.1 Å². The molecule has 50 heavy (non-hydrogen) atoms. The zero-order valence-electron chi connectivity index (χ0n) is 32.6. The quantitative estimate of drug-likeness (QED) is 0.0565. The first-order valence-corrected chi connectivity index (χ1v) is 19.7. The summed E-state index contributed by atoms with van der Waals surface area (Å²) in [6.45, 7) is 19.0. The van der Waals surface area contributed by atoms with Crippen molar-refractivity contribution in [3.8, 4) is 17.2 Å². The second-order valence-corrected chi connectivity index (χ2v) is 17.8. The van der Waals surface area contributed by atoms with Gasteiger partial charge in [0.1, 0.15) is 17.2 Å². The molecule has 0 unspecified atom stereocenters. The maximum atomic E-state index is 12.8. The Bertz CT molecular complexity index is 1460. The highest BCUT2D eigenvalue weighted by Crippen LogP contribution is 2.38. The molecule has 0 amide bonds. The topological polar surface area (TPSA) is 91.5 Å². The van der Waals surface area contributed by atoms with Crippen LogP contribution in [0.5, 0.6) is 17.2 Å². The van der Waals surface area contributed by atoms with Crippen LogP contribution in [0.4, 0.5) is 0 Å². The molecule has 2 atom stereocenters. The van der Waals surface area contributed by atoms with Gasteiger partial charge < -0.3 is 14.9 Å². The van der Waals surface area contributed by atoms with Crippen LogP contribution >= 0.6 is 12.6 Å². The number of carbonyl (C=O) groups is 1. The van der Waals surface area contributed by atoms with Gasteiger partial charge >= 0.3 is 5.97 Å². The van der Waals surface area contributed by atoms with Gasteiger partial charge in [0.15, 0.2) is 0 Å². The molecule has 0 aliphatic heterocycles. The number of aromatic hydroxyl groups is 2. The Morgan fingerprint density at radius 2 is 1.16 bits per heavy atom. The Morgan fingerprint density at radius 3 is 1.64 bits per heavy atom. The van der Waals surface area contributed by atoms with Crippen LogP contribution in [-0.2, 0) is 21.0 Å². The number of ether oxygens (including phenoxy) is 1. The van der Waals surface area contributed by atoms with E-state index in [0.29, 0.717) is 23.3 Å². The van der Waals surface area contributed by atoms with E-state index in [-0.39, 0.29) is 45.8 Å². The van der Waals surface area contributed by atoms with Crippen molar-refractivity contribution >= 4 is 31.0 Å². The lowest BCUT2D eigenvalue weighted by molar-refractivity contribution is -0.134. The Morgan fingerprint density at radius 1 is 0.700 bits per heavy atom. The number of phenols is 2. The summed E-state index contributed by atoms with van der Waals surface area (Å²) in [7, 11) is 0. The van der Waals surface area contributed by atoms with E-state index in [9.17, 15) is 15.0 Å². The van der Waals surface area contributed by atoms with Gasteiger partial charge in [-0.2, -0.15) is 12.6 Å². The molecule has 2 aromatic carbocycles. The van der Waals surface area contributed by atoms with Crippen LogP contribution in [0.15, 0.2) is 34.3 Å². The van der Waals surface area contributed by atoms with Crippen molar-refractivity contribution < 1.29 is 19.7 Å². The average Bonchev–Trinajstić information content (AvgIpc) is 3.02. The highest BCUT2D eigenvalue weighted by atomic mass is 32.1. The van der Waals surface area contributed by atoms with E-state index in [1.165, 1.54) is 32.1 Å². The Balaban J connectivity index is 1.78. The molecule has 2 N–H and O–H groups in total. The third kappa shape index (κ3) is 12.8. The number of hydrogen-bond donors (Lipinski definition) is 3. The number of esters is 1. The second-order valence-electron chi connectivity index (χ2n) is 17.4. The lowest BCUT2D eigenvalue weighted by atomic mass is 9.79. The molecule has 0 spiro atoms. The molecule has 0 aromatic heterocycles. The second kappa shape index (κ2) is 18.6. The van der Waals surface area contributed by atoms with Crippen molar-refractivity contribution in [3.05, 3.63) is 52.1 Å². The molecular weight excluding hydrogens is 641 g/mol. The first-order valence-electron chi connectivity index (χ1n) is 19.0. The van der Waals surface area contributed by atoms with E-state index in [1.807, 2.05) is 27.0 Å². The van der Waals surface area contributed by atoms with E-state index in [0.717, 1.165) is 67.4 Å². The molecule has 7 heteroatoms. The molecular formula is C43H66N2O4S. The maximum absolute atomic E-state index is 12.8. The van der Waals surface area contributed by atoms with Gasteiger partial charge in [0.25, 0.3) is 0 Å². The van der Waals surface area contributed by atoms with Gasteiger partial charge in [-0.3, -0.25) is 14.8 Å². The number of rotatable bonds is 15. The SMILES string of the molecule is CC(C)(C)c1cc(C=N[C@H]2CCCC[C@@H]2N=Cc2cc(OC(=O)CCCCCCCCCCS)cc(C(C)(C)C)c2O)c(O)c(C(C)(C)C)c1. The summed E-state index contributed by atoms with van der Waals surface area (Å²) in [6, 6.07) is 7.58. The summed E-state index contributed by atoms with van der Waals surface area (Å²) >= 11 is 4.28. The van der Waals surface area contributed by atoms with E-state index in [2.05, 4.69) is 66.3 Å². The third-order valence-electron chi connectivity index (χ3n) is 9.76. The summed E-state index contributed by atoms with van der Waals surface area (Å²) in [5, 5.41) is 22.6. The summed E-state index contributed by atoms with van der Waals surface area (Å²) in [5.41, 5.74) is 3.41. The van der Waals surface area contributed by atoms with Gasteiger partial charge in [-0.25, -0.2) is 0 Å². The zero-order valence-corrected chi connectivity index (χ0v) is 33.5. The van der Waals surface area contributed by atoms with Crippen LogP contribution in [0.1, 0.15) is 174 Å². The summed E-state index contributed by atoms with van der Waals surface area (Å²) in [5.74, 6) is 1.59. The molecule has 0 saturated heterocycles. The first-order chi connectivity index (χ1) is 23.4. The van der Waals surface area contributed by atoms with Crippen molar-refractivity contribution in [1.82, 2.24) is 0 Å². The molecule has 1 fully saturated rings. The van der Waals surface area contributed by atoms with E-state index in [1.54, 1.807) is 18.3 Å². The fourth-order valence-corrected chi connectivity index (χ4v) is 6.76. The van der Waals surface area contributed by atoms with Crippen molar-refractivity contribution in [3.63, 3.8) is 0 Å². The van der Waals surface area contributed by atoms with Crippen molar-refractivity contribution in [1.29, 1.82) is 0 Å². The normalized spacial score (nSPS) is 17.6. The lowest BCUT2D eigenvalue weighted by Crippen LogP contribution is -2.27. The number of thiol groups is 1. The third-order valence-corrected chi connectivity index (χ3v) is 10.1. The number of unbranched alkanes of at least 4 members (excludes halogenated alkanes) is 7. The molecule has 0 radical (unpaired) electrons. The largest absolute Gasteiger partial charge is 0.507 e. The number of nitrogens with zero attached hydrogens (tertiary/aromatic N) is 2. The molecule has 2 aromatic rings. The predicted octanol–water partition coefficient (Wildman–Crippen LogP) is 11.2. The van der Waals surface area contributed by atoms with Crippen LogP contribution in [0, 0.1) is 0 Å². The minimum absolute atomic E-state index is 0.0472. The fourth-order valence-electron chi connectivity index (χ4n) is 6.53. The minimum Gasteiger partial charge on any atom is -0.507 e. The van der Waals surface area contributed by atoms with Crippen LogP contribution in [-0.4, -0.2) is 46.4 Å². The Hall–Kier alpha value is -2.80. The van der Waals surface area contributed by atoms with Crippen LogP contribution in [0.3, 0.4) is 0 Å². The molecule has 0 bridgehead atoms. The first kappa shape index (κ1) is 41.6. The monoisotopic (exact) mass is 706 g/mol. The highest BCUT2D eigenvalue weighted by molar-refractivity contribution is 7.80. The van der Waals surface area contributed by atoms with Gasteiger partial charge in [-0.1, -0.05) is 120 Å². The number of carbonyl (C=O) groups excluding carboxylic acids is 1. The van der Waals surface area contributed by atoms with Crippen molar-refractivity contribution in [2.75, 3.05) is 5.75 Å². The standard InChI is InChI=1S/C43H66N2O4S/c1-41(2,3)32-24-30(39(47)34(26-32)42(4,5)6)28-44-36-20-17-18-21-37(36)45-29-31-25-33(27-35(40(31)48)43(7,8)9)49-38(46)22-16-14-12-10-11-13-15-19-23-50/h24-29,36-37,47-48,50H,10-23H2,1-9H3/t36-,37-/m0/s1. The Labute approximate surface area is 309 Å². The molecule has 0 heterocycles. The van der Waals surface area contributed by atoms with Crippen molar-refractivity contribution in [2.45, 2.75) is 174 Å². The van der Waals surface area contributed by atoms with Gasteiger partial charge in [0.2, 0.25) is 0 Å². The lowest BCUT2D eigenvalue weighted by Gasteiger charge is -2.28. The van der Waals surface area contributed by atoms with Gasteiger partial charge in [-0.15, -0.1) is 0 Å². The van der Waals surface area contributed by atoms with E-state index in [4.69, 9.17) is 14.7 Å². The summed E-state index contributed by atoms with van der Waals surface area (Å²) in [4.78, 5) is 22.8. The molecule has 1 saturated carbocycles. The van der Waals surface area contributed by atoms with E-state index >= 15 is 0 Å². The zero-order chi connectivity index (χ0) is 37.1. The molecule has 1 aliphatic carbocycles. The number of phenolic OH excluding ortho intramolecular Hbond substituents is 2. The minimum atomic E-state index is -0.366. The fraction of sp³-hybridized carbons (Fsp3) is 0.651. The average molecular weight is 707 g/mol. The molecule has 278 valence electrons. The van der Waals surface area contributed by atoms with Gasteiger partial charge in [-0.05, 0) is 71.4 Å². The smallest absolute Gasteiger partial charge is 0.311 e. The van der Waals surface area contributed by atoms with Crippen LogP contribution in [0.25, 0.3) is 0 Å². The van der Waals surface area contributed by atoms with Crippen LogP contribution < -0.4 is 4.74 Å². The van der Waals surface area contributed by atoms with Gasteiger partial charge in [0.05, 0.1) is 12.1 Å². The highest BCUT2D eigenvalue weighted by Gasteiger charge is 2.27. The Kier molecular flexibility index (Phi) is 15.5. The number of hydrogen-bond acceptors (Lipinski definition) is 7. The van der Waals surface area contributed by atoms with Crippen LogP contribution in [0.2, 0.25) is 0 Å². The predicted molar refractivity (Wildman–Crippen MR) is 215 cm³/mol. The molecule has 1 aliphatic rings. The summed E-state index contributed by atoms with van der Waals surface area (Å²) < 4.78 is 5.83. The van der Waals surface area contributed by atoms with E-state index < -0.39 is 0 Å². The number of benzene rings is 2. The maximum Gasteiger partial charge on any atom is 0.311 e. The van der Waals surface area contributed by atoms with Crippen molar-refractivity contribution in [2.24, 2.45) is 9.98 Å². The summed E-state index contributed by atoms with van der Waals surface area (Å²) in [6.07, 6.45) is 17.0.